The fourth-order valence-electron chi connectivity index (χ4n) is 1.79. The van der Waals surface area contributed by atoms with Crippen LogP contribution in [0.3, 0.4) is 0 Å². The summed E-state index contributed by atoms with van der Waals surface area (Å²) in [4.78, 5) is 17.5. The van der Waals surface area contributed by atoms with Crippen LogP contribution in [0.1, 0.15) is 16.1 Å². The third kappa shape index (κ3) is 2.75. The molecule has 0 aliphatic carbocycles. The number of pyridine rings is 1. The number of benzene rings is 1. The second-order valence-corrected chi connectivity index (χ2v) is 4.20. The lowest BCUT2D eigenvalue weighted by Crippen LogP contribution is -2.20. The molecule has 5 heteroatoms. The fourth-order valence-corrected chi connectivity index (χ4v) is 1.79. The van der Waals surface area contributed by atoms with Crippen LogP contribution >= 0.6 is 0 Å². The van der Waals surface area contributed by atoms with Crippen LogP contribution in [-0.4, -0.2) is 25.0 Å². The van der Waals surface area contributed by atoms with Crippen molar-refractivity contribution >= 4 is 17.3 Å². The molecule has 0 bridgehead atoms. The van der Waals surface area contributed by atoms with Crippen molar-refractivity contribution in [3.63, 3.8) is 0 Å². The van der Waals surface area contributed by atoms with Crippen molar-refractivity contribution in [3.05, 3.63) is 53.9 Å². The van der Waals surface area contributed by atoms with Crippen LogP contribution in [0.2, 0.25) is 0 Å². The molecule has 1 aromatic heterocycles. The van der Waals surface area contributed by atoms with Crippen LogP contribution < -0.4 is 10.2 Å². The normalized spacial score (nSPS) is 9.65. The number of anilines is 2. The van der Waals surface area contributed by atoms with Gasteiger partial charge in [0.2, 0.25) is 0 Å². The van der Waals surface area contributed by atoms with Gasteiger partial charge in [-0.1, -0.05) is 0 Å². The smallest absolute Gasteiger partial charge is 0.269 e. The molecule has 0 aliphatic heterocycles. The molecule has 0 saturated carbocycles. The molecular weight excluding hydrogens is 252 g/mol. The third-order valence-corrected chi connectivity index (χ3v) is 2.97. The Morgan fingerprint density at radius 3 is 2.55 bits per heavy atom. The lowest BCUT2D eigenvalue weighted by atomic mass is 10.2. The minimum atomic E-state index is -0.222. The first kappa shape index (κ1) is 13.6. The van der Waals surface area contributed by atoms with Crippen LogP contribution in [0, 0.1) is 11.3 Å². The zero-order chi connectivity index (χ0) is 14.5. The maximum absolute atomic E-state index is 11.6. The van der Waals surface area contributed by atoms with E-state index in [9.17, 15) is 4.79 Å². The first-order valence-corrected chi connectivity index (χ1v) is 6.07. The number of hydrogen-bond donors (Lipinski definition) is 1. The molecule has 0 unspecified atom stereocenters. The summed E-state index contributed by atoms with van der Waals surface area (Å²) < 4.78 is 0. The molecule has 1 heterocycles. The highest BCUT2D eigenvalue weighted by Gasteiger charge is 2.09. The Morgan fingerprint density at radius 2 is 1.95 bits per heavy atom. The summed E-state index contributed by atoms with van der Waals surface area (Å²) in [5, 5.41) is 11.3. The van der Waals surface area contributed by atoms with E-state index in [4.69, 9.17) is 5.26 Å². The number of amides is 1. The second kappa shape index (κ2) is 5.85. The topological polar surface area (TPSA) is 69.0 Å². The summed E-state index contributed by atoms with van der Waals surface area (Å²) in [6.07, 6.45) is 1.60. The van der Waals surface area contributed by atoms with E-state index in [0.29, 0.717) is 11.3 Å². The van der Waals surface area contributed by atoms with E-state index in [-0.39, 0.29) is 5.91 Å². The fraction of sp³-hybridized carbons (Fsp3) is 0.133. The maximum atomic E-state index is 11.6. The Balaban J connectivity index is 2.30. The van der Waals surface area contributed by atoms with Crippen LogP contribution in [0.4, 0.5) is 11.4 Å². The Labute approximate surface area is 117 Å². The van der Waals surface area contributed by atoms with Gasteiger partial charge >= 0.3 is 0 Å². The predicted octanol–water partition coefficient (Wildman–Crippen LogP) is 2.08. The first-order valence-electron chi connectivity index (χ1n) is 6.07. The summed E-state index contributed by atoms with van der Waals surface area (Å²) in [6.45, 7) is 0. The SMILES string of the molecule is CNC(=O)c1cc(N(C)c2ccc(C#N)cc2)ccn1. The Bertz CT molecular complexity index is 658. The molecule has 0 spiro atoms. The van der Waals surface area contributed by atoms with Crippen molar-refractivity contribution < 1.29 is 4.79 Å². The third-order valence-electron chi connectivity index (χ3n) is 2.97. The van der Waals surface area contributed by atoms with Crippen molar-refractivity contribution in [2.45, 2.75) is 0 Å². The summed E-state index contributed by atoms with van der Waals surface area (Å²) in [6, 6.07) is 12.9. The van der Waals surface area contributed by atoms with Gasteiger partial charge in [0, 0.05) is 31.7 Å². The van der Waals surface area contributed by atoms with Gasteiger partial charge < -0.3 is 10.2 Å². The molecule has 1 amide bonds. The molecule has 2 rings (SSSR count). The van der Waals surface area contributed by atoms with Crippen molar-refractivity contribution in [1.29, 1.82) is 5.26 Å². The number of nitriles is 1. The van der Waals surface area contributed by atoms with E-state index in [1.165, 1.54) is 0 Å². The average molecular weight is 266 g/mol. The lowest BCUT2D eigenvalue weighted by molar-refractivity contribution is 0.0958. The molecule has 1 N–H and O–H groups in total. The van der Waals surface area contributed by atoms with E-state index in [1.807, 2.05) is 30.1 Å². The van der Waals surface area contributed by atoms with Crippen LogP contribution in [0.15, 0.2) is 42.6 Å². The number of nitrogens with zero attached hydrogens (tertiary/aromatic N) is 3. The van der Waals surface area contributed by atoms with E-state index in [1.54, 1.807) is 31.4 Å². The summed E-state index contributed by atoms with van der Waals surface area (Å²) in [7, 11) is 3.46. The number of carbonyl (C=O) groups excluding carboxylic acids is 1. The van der Waals surface area contributed by atoms with Gasteiger partial charge in [-0.3, -0.25) is 9.78 Å². The molecule has 100 valence electrons. The van der Waals surface area contributed by atoms with Crippen molar-refractivity contribution in [2.75, 3.05) is 19.0 Å². The minimum Gasteiger partial charge on any atom is -0.354 e. The summed E-state index contributed by atoms with van der Waals surface area (Å²) in [5.41, 5.74) is 2.76. The molecule has 20 heavy (non-hydrogen) atoms. The largest absolute Gasteiger partial charge is 0.354 e. The zero-order valence-corrected chi connectivity index (χ0v) is 11.3. The van der Waals surface area contributed by atoms with Crippen LogP contribution in [-0.2, 0) is 0 Å². The summed E-state index contributed by atoms with van der Waals surface area (Å²) >= 11 is 0. The molecule has 0 atom stereocenters. The van der Waals surface area contributed by atoms with Gasteiger partial charge in [-0.15, -0.1) is 0 Å². The average Bonchev–Trinajstić information content (AvgIpc) is 2.53. The van der Waals surface area contributed by atoms with Gasteiger partial charge in [0.1, 0.15) is 5.69 Å². The lowest BCUT2D eigenvalue weighted by Gasteiger charge is -2.19. The van der Waals surface area contributed by atoms with Crippen LogP contribution in [0.5, 0.6) is 0 Å². The van der Waals surface area contributed by atoms with Gasteiger partial charge in [-0.2, -0.15) is 5.26 Å². The Kier molecular flexibility index (Phi) is 3.96. The number of rotatable bonds is 3. The van der Waals surface area contributed by atoms with E-state index in [2.05, 4.69) is 16.4 Å². The summed E-state index contributed by atoms with van der Waals surface area (Å²) in [5.74, 6) is -0.222. The van der Waals surface area contributed by atoms with Crippen LogP contribution in [0.25, 0.3) is 0 Å². The van der Waals surface area contributed by atoms with E-state index in [0.717, 1.165) is 11.4 Å². The van der Waals surface area contributed by atoms with Gasteiger partial charge in [0.25, 0.3) is 5.91 Å². The highest BCUT2D eigenvalue weighted by atomic mass is 16.1. The van der Waals surface area contributed by atoms with Crippen molar-refractivity contribution in [3.8, 4) is 6.07 Å². The van der Waals surface area contributed by atoms with Gasteiger partial charge in [0.15, 0.2) is 0 Å². The highest BCUT2D eigenvalue weighted by Crippen LogP contribution is 2.23. The molecular formula is C15H14N4O. The number of nitrogens with one attached hydrogen (secondary N) is 1. The number of hydrogen-bond acceptors (Lipinski definition) is 4. The highest BCUT2D eigenvalue weighted by molar-refractivity contribution is 5.93. The Hall–Kier alpha value is -2.87. The number of carbonyl (C=O) groups is 1. The van der Waals surface area contributed by atoms with Crippen molar-refractivity contribution in [2.24, 2.45) is 0 Å². The molecule has 0 saturated heterocycles. The predicted molar refractivity (Wildman–Crippen MR) is 76.8 cm³/mol. The maximum Gasteiger partial charge on any atom is 0.269 e. The quantitative estimate of drug-likeness (QED) is 0.923. The van der Waals surface area contributed by atoms with Gasteiger partial charge in [-0.05, 0) is 36.4 Å². The monoisotopic (exact) mass is 266 g/mol. The van der Waals surface area contributed by atoms with E-state index >= 15 is 0 Å². The van der Waals surface area contributed by atoms with Gasteiger partial charge in [0.05, 0.1) is 11.6 Å². The molecule has 0 aliphatic rings. The molecule has 5 nitrogen and oxygen atoms in total. The standard InChI is InChI=1S/C15H14N4O/c1-17-15(20)14-9-13(7-8-18-14)19(2)12-5-3-11(10-16)4-6-12/h3-9H,1-2H3,(H,17,20). The van der Waals surface area contributed by atoms with Gasteiger partial charge in [-0.25, -0.2) is 0 Å². The minimum absolute atomic E-state index is 0.222. The van der Waals surface area contributed by atoms with E-state index < -0.39 is 0 Å². The zero-order valence-electron chi connectivity index (χ0n) is 11.3. The Morgan fingerprint density at radius 1 is 1.25 bits per heavy atom. The molecule has 1 aromatic carbocycles. The molecule has 0 radical (unpaired) electrons. The number of aromatic nitrogens is 1. The molecule has 2 aromatic rings. The molecule has 0 fully saturated rings. The second-order valence-electron chi connectivity index (χ2n) is 4.20. The van der Waals surface area contributed by atoms with Crippen molar-refractivity contribution in [1.82, 2.24) is 10.3 Å². The first-order chi connectivity index (χ1) is 9.65.